The highest BCUT2D eigenvalue weighted by Crippen LogP contribution is 2.43. The highest BCUT2D eigenvalue weighted by atomic mass is 32.1. The first-order valence-corrected chi connectivity index (χ1v) is 12.4. The second kappa shape index (κ2) is 8.06. The number of aliphatic carboxylic acids is 1. The van der Waals surface area contributed by atoms with E-state index >= 15 is 0 Å². The Balaban J connectivity index is 1.39. The Bertz CT molecular complexity index is 1250. The topological polar surface area (TPSA) is 73.7 Å². The number of rotatable bonds is 6. The Morgan fingerprint density at radius 3 is 2.38 bits per heavy atom. The number of anilines is 2. The summed E-state index contributed by atoms with van der Waals surface area (Å²) in [7, 11) is 8.41. The number of benzene rings is 2. The first kappa shape index (κ1) is 22.8. The molecule has 1 amide bonds. The summed E-state index contributed by atoms with van der Waals surface area (Å²) in [6, 6.07) is 14.7. The summed E-state index contributed by atoms with van der Waals surface area (Å²) in [5, 5.41) is 10.2. The Morgan fingerprint density at radius 2 is 1.79 bits per heavy atom. The molecule has 0 unspecified atom stereocenters. The molecule has 0 spiro atoms. The largest absolute Gasteiger partial charge is 0.481 e. The van der Waals surface area contributed by atoms with Crippen LogP contribution in [0.15, 0.2) is 42.5 Å². The van der Waals surface area contributed by atoms with Gasteiger partial charge in [-0.05, 0) is 42.2 Å². The molecule has 0 radical (unpaired) electrons. The van der Waals surface area contributed by atoms with E-state index in [1.807, 2.05) is 30.3 Å². The minimum Gasteiger partial charge on any atom is -0.481 e. The number of aromatic nitrogens is 1. The van der Waals surface area contributed by atoms with Crippen LogP contribution in [0.4, 0.5) is 10.8 Å². The lowest BCUT2D eigenvalue weighted by atomic mass is 9.80. The Kier molecular flexibility index (Phi) is 5.41. The number of fused-ring (bicyclic) bond motifs is 2. The maximum Gasteiger partial charge on any atom is 0.304 e. The molecule has 2 aromatic carbocycles. The Hall–Kier alpha value is -2.97. The highest BCUT2D eigenvalue weighted by molar-refractivity contribution is 7.22. The van der Waals surface area contributed by atoms with E-state index in [-0.39, 0.29) is 12.3 Å². The van der Waals surface area contributed by atoms with Gasteiger partial charge in [0, 0.05) is 12.7 Å². The molecule has 178 valence electrons. The lowest BCUT2D eigenvalue weighted by Crippen LogP contribution is -2.64. The van der Waals surface area contributed by atoms with Crippen molar-refractivity contribution >= 4 is 44.2 Å². The first-order valence-electron chi connectivity index (χ1n) is 11.6. The fraction of sp³-hybridized carbons (Fsp3) is 0.423. The van der Waals surface area contributed by atoms with Gasteiger partial charge in [0.1, 0.15) is 6.04 Å². The van der Waals surface area contributed by atoms with Crippen LogP contribution in [0, 0.1) is 5.41 Å². The lowest BCUT2D eigenvalue weighted by molar-refractivity contribution is -0.896. The molecule has 0 saturated carbocycles. The van der Waals surface area contributed by atoms with E-state index in [4.69, 9.17) is 4.98 Å². The van der Waals surface area contributed by atoms with E-state index in [0.29, 0.717) is 24.0 Å². The van der Waals surface area contributed by atoms with Crippen molar-refractivity contribution in [2.45, 2.75) is 25.3 Å². The number of carbonyl (C=O) groups excluding carboxylic acids is 1. The molecule has 1 aliphatic heterocycles. The van der Waals surface area contributed by atoms with Crippen LogP contribution < -0.4 is 9.80 Å². The van der Waals surface area contributed by atoms with Gasteiger partial charge in [-0.25, -0.2) is 4.98 Å². The van der Waals surface area contributed by atoms with Crippen molar-refractivity contribution in [3.8, 4) is 0 Å². The van der Waals surface area contributed by atoms with Gasteiger partial charge in [0.25, 0.3) is 0 Å². The van der Waals surface area contributed by atoms with Crippen LogP contribution in [0.2, 0.25) is 0 Å². The summed E-state index contributed by atoms with van der Waals surface area (Å²) < 4.78 is 1.99. The van der Waals surface area contributed by atoms with Gasteiger partial charge < -0.3 is 14.5 Å². The van der Waals surface area contributed by atoms with Crippen molar-refractivity contribution in [3.05, 3.63) is 53.6 Å². The number of carbonyl (C=O) groups is 2. The molecule has 5 rings (SSSR count). The number of hydrogen-bond donors (Lipinski definition) is 1. The molecular formula is C26H31N4O3S+. The summed E-state index contributed by atoms with van der Waals surface area (Å²) >= 11 is 1.48. The quantitative estimate of drug-likeness (QED) is 0.549. The number of thiazole rings is 1. The lowest BCUT2D eigenvalue weighted by Gasteiger charge is -2.47. The minimum absolute atomic E-state index is 0.182. The van der Waals surface area contributed by atoms with Gasteiger partial charge in [0.2, 0.25) is 5.91 Å². The van der Waals surface area contributed by atoms with Gasteiger partial charge in [0.15, 0.2) is 5.13 Å². The molecular weight excluding hydrogens is 448 g/mol. The van der Waals surface area contributed by atoms with Gasteiger partial charge in [-0.3, -0.25) is 14.5 Å². The summed E-state index contributed by atoms with van der Waals surface area (Å²) in [4.78, 5) is 34.1. The molecule has 2 heterocycles. The second-order valence-corrected chi connectivity index (χ2v) is 11.7. The summed E-state index contributed by atoms with van der Waals surface area (Å²) in [6.07, 6.45) is 0.689. The van der Waals surface area contributed by atoms with Crippen LogP contribution in [0.1, 0.15) is 17.5 Å². The van der Waals surface area contributed by atoms with E-state index in [1.165, 1.54) is 17.0 Å². The molecule has 2 aliphatic rings. The highest BCUT2D eigenvalue weighted by Gasteiger charge is 2.47. The zero-order valence-electron chi connectivity index (χ0n) is 20.1. The van der Waals surface area contributed by atoms with Gasteiger partial charge in [0.05, 0.1) is 56.3 Å². The van der Waals surface area contributed by atoms with E-state index in [9.17, 15) is 14.7 Å². The molecule has 1 aliphatic carbocycles. The van der Waals surface area contributed by atoms with E-state index in [0.717, 1.165) is 38.9 Å². The molecule has 0 atom stereocenters. The van der Waals surface area contributed by atoms with Crippen LogP contribution in [-0.4, -0.2) is 73.8 Å². The van der Waals surface area contributed by atoms with Gasteiger partial charge >= 0.3 is 5.97 Å². The number of quaternary nitrogens is 1. The SMILES string of the molecule is CN(C(=O)C1(CC(=O)O)Cc2ccccc2C1)c1nc2ccc(N3CC([N+](C)(C)C)C3)cc2s1. The first-order chi connectivity index (χ1) is 16.1. The smallest absolute Gasteiger partial charge is 0.304 e. The fourth-order valence-electron chi connectivity index (χ4n) is 5.18. The number of hydrogen-bond acceptors (Lipinski definition) is 5. The monoisotopic (exact) mass is 479 g/mol. The molecule has 1 saturated heterocycles. The van der Waals surface area contributed by atoms with Crippen LogP contribution in [0.5, 0.6) is 0 Å². The molecule has 3 aromatic rings. The van der Waals surface area contributed by atoms with Crippen molar-refractivity contribution in [1.29, 1.82) is 0 Å². The number of carboxylic acid groups (broad SMARTS) is 1. The predicted octanol–water partition coefficient (Wildman–Crippen LogP) is 3.41. The number of carboxylic acids is 1. The van der Waals surface area contributed by atoms with Crippen molar-refractivity contribution in [3.63, 3.8) is 0 Å². The summed E-state index contributed by atoms with van der Waals surface area (Å²) in [5.74, 6) is -1.14. The van der Waals surface area contributed by atoms with Crippen molar-refractivity contribution in [2.24, 2.45) is 5.41 Å². The molecule has 0 bridgehead atoms. The van der Waals surface area contributed by atoms with Crippen molar-refractivity contribution in [1.82, 2.24) is 4.98 Å². The molecule has 8 heteroatoms. The van der Waals surface area contributed by atoms with Gasteiger partial charge in [-0.15, -0.1) is 0 Å². The second-order valence-electron chi connectivity index (χ2n) is 10.7. The van der Waals surface area contributed by atoms with E-state index in [2.05, 4.69) is 38.2 Å². The third-order valence-corrected chi connectivity index (χ3v) is 8.49. The standard InChI is InChI=1S/C26H30N4O3S/c1-28(24(33)26(14-23(31)32)12-17-7-5-6-8-18(17)13-26)25-27-21-10-9-19(11-22(21)34-25)29-15-20(16-29)30(2,3)4/h5-11,20H,12-16H2,1-4H3/p+1. The summed E-state index contributed by atoms with van der Waals surface area (Å²) in [6.45, 7) is 2.05. The van der Waals surface area contributed by atoms with Crippen LogP contribution >= 0.6 is 11.3 Å². The number of nitrogens with zero attached hydrogens (tertiary/aromatic N) is 4. The van der Waals surface area contributed by atoms with Crippen molar-refractivity contribution < 1.29 is 19.2 Å². The molecule has 34 heavy (non-hydrogen) atoms. The summed E-state index contributed by atoms with van der Waals surface area (Å²) in [5.41, 5.74) is 3.16. The molecule has 1 N–H and O–H groups in total. The Morgan fingerprint density at radius 1 is 1.15 bits per heavy atom. The molecule has 1 aromatic heterocycles. The van der Waals surface area contributed by atoms with Crippen LogP contribution in [0.3, 0.4) is 0 Å². The average Bonchev–Trinajstić information content (AvgIpc) is 3.31. The average molecular weight is 480 g/mol. The maximum atomic E-state index is 13.7. The maximum absolute atomic E-state index is 13.7. The van der Waals surface area contributed by atoms with E-state index in [1.54, 1.807) is 11.9 Å². The zero-order valence-corrected chi connectivity index (χ0v) is 20.9. The molecule has 1 fully saturated rings. The number of amides is 1. The zero-order chi connectivity index (χ0) is 24.3. The van der Waals surface area contributed by atoms with Crippen LogP contribution in [-0.2, 0) is 22.4 Å². The van der Waals surface area contributed by atoms with Gasteiger partial charge in [-0.1, -0.05) is 35.6 Å². The molecule has 7 nitrogen and oxygen atoms in total. The number of likely N-dealkylation sites (N-methyl/N-ethyl adjacent to an activating group) is 1. The van der Waals surface area contributed by atoms with Gasteiger partial charge in [-0.2, -0.15) is 0 Å². The van der Waals surface area contributed by atoms with Crippen LogP contribution in [0.25, 0.3) is 10.2 Å². The van der Waals surface area contributed by atoms with Crippen molar-refractivity contribution in [2.75, 3.05) is 51.1 Å². The predicted molar refractivity (Wildman–Crippen MR) is 136 cm³/mol. The Labute approximate surface area is 203 Å². The van der Waals surface area contributed by atoms with E-state index < -0.39 is 11.4 Å². The minimum atomic E-state index is -0.981. The fourth-order valence-corrected chi connectivity index (χ4v) is 6.13. The third kappa shape index (κ3) is 3.95. The third-order valence-electron chi connectivity index (χ3n) is 7.39. The normalized spacial score (nSPS) is 17.5.